The Morgan fingerprint density at radius 2 is 1.77 bits per heavy atom. The molecule has 0 atom stereocenters. The Labute approximate surface area is 162 Å². The Morgan fingerprint density at radius 3 is 2.42 bits per heavy atom. The lowest BCUT2D eigenvalue weighted by molar-refractivity contribution is -0.133. The zero-order valence-corrected chi connectivity index (χ0v) is 16.6. The Bertz CT molecular complexity index is 789. The van der Waals surface area contributed by atoms with E-state index in [-0.39, 0.29) is 0 Å². The summed E-state index contributed by atoms with van der Waals surface area (Å²) in [5.41, 5.74) is 3.14. The lowest BCUT2D eigenvalue weighted by Gasteiger charge is -2.11. The third kappa shape index (κ3) is 5.68. The van der Waals surface area contributed by atoms with Gasteiger partial charge >= 0.3 is 5.97 Å². The number of carbonyl (C=O) groups is 1. The van der Waals surface area contributed by atoms with Gasteiger partial charge in [0.1, 0.15) is 9.95 Å². The molecule has 0 aliphatic heterocycles. The fraction of sp³-hybridized carbons (Fsp3) is 0.200. The first-order valence-corrected chi connectivity index (χ1v) is 10.1. The maximum Gasteiger partial charge on any atom is 0.341 e. The van der Waals surface area contributed by atoms with Gasteiger partial charge in [-0.2, -0.15) is 0 Å². The molecular weight excluding hydrogens is 366 g/mol. The number of methoxy groups -OCH3 is 2. The number of esters is 1. The molecule has 0 fully saturated rings. The van der Waals surface area contributed by atoms with E-state index in [1.807, 2.05) is 60.9 Å². The van der Waals surface area contributed by atoms with Crippen molar-refractivity contribution in [1.29, 1.82) is 0 Å². The Hall–Kier alpha value is -2.18. The summed E-state index contributed by atoms with van der Waals surface area (Å²) in [6, 6.07) is 17.6. The number of carbonyl (C=O) groups excluding carboxylic acids is 1. The van der Waals surface area contributed by atoms with Crippen LogP contribution in [0.15, 0.2) is 65.9 Å². The summed E-state index contributed by atoms with van der Waals surface area (Å²) in [5.74, 6) is 0.258. The third-order valence-electron chi connectivity index (χ3n) is 3.45. The maximum absolute atomic E-state index is 12.1. The van der Waals surface area contributed by atoms with Gasteiger partial charge in [-0.1, -0.05) is 54.2 Å². The van der Waals surface area contributed by atoms with Crippen molar-refractivity contribution in [3.8, 4) is 0 Å². The minimum Gasteiger partial charge on any atom is -0.503 e. The molecule has 0 bridgehead atoms. The fourth-order valence-electron chi connectivity index (χ4n) is 2.24. The monoisotopic (exact) mass is 387 g/mol. The molecule has 2 aromatic carbocycles. The number of aliphatic imine (C=N–C) groups is 1. The normalized spacial score (nSPS) is 12.0. The van der Waals surface area contributed by atoms with Crippen LogP contribution in [0.5, 0.6) is 0 Å². The fourth-order valence-corrected chi connectivity index (χ4v) is 3.79. The number of rotatable bonds is 6. The van der Waals surface area contributed by atoms with E-state index in [4.69, 9.17) is 9.47 Å². The summed E-state index contributed by atoms with van der Waals surface area (Å²) in [7, 11) is 2.88. The predicted octanol–water partition coefficient (Wildman–Crippen LogP) is 5.13. The lowest BCUT2D eigenvalue weighted by atomic mass is 10.0. The third-order valence-corrected chi connectivity index (χ3v) is 5.54. The molecule has 0 aromatic heterocycles. The van der Waals surface area contributed by atoms with Crippen molar-refractivity contribution in [1.82, 2.24) is 0 Å². The van der Waals surface area contributed by atoms with Crippen LogP contribution in [0.25, 0.3) is 5.57 Å². The van der Waals surface area contributed by atoms with Gasteiger partial charge in [0.25, 0.3) is 0 Å². The molecule has 2 rings (SSSR count). The molecule has 0 amide bonds. The zero-order valence-electron chi connectivity index (χ0n) is 15.0. The summed E-state index contributed by atoms with van der Waals surface area (Å²) in [6.07, 6.45) is 3.42. The van der Waals surface area contributed by atoms with E-state index in [2.05, 4.69) is 4.99 Å². The van der Waals surface area contributed by atoms with Crippen molar-refractivity contribution < 1.29 is 14.3 Å². The molecule has 2 aromatic rings. The van der Waals surface area contributed by atoms with Crippen LogP contribution < -0.4 is 0 Å². The lowest BCUT2D eigenvalue weighted by Crippen LogP contribution is -2.06. The number of benzene rings is 2. The Kier molecular flexibility index (Phi) is 8.31. The van der Waals surface area contributed by atoms with Crippen molar-refractivity contribution in [2.24, 2.45) is 4.99 Å². The van der Waals surface area contributed by atoms with E-state index < -0.39 is 5.97 Å². The molecule has 0 heterocycles. The number of hydrogen-bond donors (Lipinski definition) is 0. The molecule has 0 N–H and O–H groups in total. The minimum atomic E-state index is -0.424. The van der Waals surface area contributed by atoms with E-state index in [1.165, 1.54) is 20.5 Å². The van der Waals surface area contributed by atoms with E-state index >= 15 is 0 Å². The van der Waals surface area contributed by atoms with Gasteiger partial charge < -0.3 is 9.47 Å². The van der Waals surface area contributed by atoms with Gasteiger partial charge in [-0.25, -0.2) is 9.79 Å². The first-order valence-electron chi connectivity index (χ1n) is 7.89. The van der Waals surface area contributed by atoms with Crippen LogP contribution in [0, 0.1) is 0 Å². The highest BCUT2D eigenvalue weighted by Crippen LogP contribution is 2.28. The Balaban J connectivity index is 2.23. The van der Waals surface area contributed by atoms with Gasteiger partial charge in [0.2, 0.25) is 0 Å². The highest BCUT2D eigenvalue weighted by atomic mass is 32.2. The second kappa shape index (κ2) is 10.7. The van der Waals surface area contributed by atoms with Crippen molar-refractivity contribution in [2.45, 2.75) is 5.75 Å². The van der Waals surface area contributed by atoms with E-state index in [1.54, 1.807) is 23.5 Å². The molecule has 0 saturated heterocycles. The number of ether oxygens (including phenoxy) is 2. The average molecular weight is 388 g/mol. The second-order valence-electron chi connectivity index (χ2n) is 5.12. The summed E-state index contributed by atoms with van der Waals surface area (Å²) < 4.78 is 10.9. The molecule has 0 radical (unpaired) electrons. The van der Waals surface area contributed by atoms with Gasteiger partial charge in [0.15, 0.2) is 0 Å². The molecule has 6 heteroatoms. The van der Waals surface area contributed by atoms with Crippen LogP contribution in [0.2, 0.25) is 0 Å². The van der Waals surface area contributed by atoms with Gasteiger partial charge in [-0.05, 0) is 29.5 Å². The van der Waals surface area contributed by atoms with Crippen LogP contribution in [-0.2, 0) is 20.0 Å². The van der Waals surface area contributed by atoms with Crippen LogP contribution in [-0.4, -0.2) is 30.8 Å². The number of para-hydroxylation sites is 1. The van der Waals surface area contributed by atoms with Crippen molar-refractivity contribution in [2.75, 3.05) is 20.5 Å². The van der Waals surface area contributed by atoms with Crippen LogP contribution >= 0.6 is 23.5 Å². The molecule has 0 saturated carbocycles. The highest BCUT2D eigenvalue weighted by molar-refractivity contribution is 8.38. The van der Waals surface area contributed by atoms with E-state index in [0.29, 0.717) is 11.3 Å². The molecule has 4 nitrogen and oxygen atoms in total. The summed E-state index contributed by atoms with van der Waals surface area (Å²) in [4.78, 5) is 16.8. The summed E-state index contributed by atoms with van der Waals surface area (Å²) in [6.45, 7) is 0. The number of hydrogen-bond acceptors (Lipinski definition) is 6. The smallest absolute Gasteiger partial charge is 0.341 e. The Morgan fingerprint density at radius 1 is 1.08 bits per heavy atom. The molecule has 0 unspecified atom stereocenters. The molecule has 136 valence electrons. The first-order chi connectivity index (χ1) is 12.7. The predicted molar refractivity (Wildman–Crippen MR) is 112 cm³/mol. The van der Waals surface area contributed by atoms with Crippen molar-refractivity contribution in [3.05, 3.63) is 72.0 Å². The van der Waals surface area contributed by atoms with Gasteiger partial charge in [-0.3, -0.25) is 0 Å². The summed E-state index contributed by atoms with van der Waals surface area (Å²) >= 11 is 3.23. The van der Waals surface area contributed by atoms with Crippen LogP contribution in [0.1, 0.15) is 11.1 Å². The maximum atomic E-state index is 12.1. The molecule has 0 aliphatic rings. The molecular formula is C20H21NO3S2. The topological polar surface area (TPSA) is 47.9 Å². The largest absolute Gasteiger partial charge is 0.503 e. The van der Waals surface area contributed by atoms with Crippen LogP contribution in [0.4, 0.5) is 5.69 Å². The molecule has 26 heavy (non-hydrogen) atoms. The second-order valence-corrected chi connectivity index (χ2v) is 7.14. The average Bonchev–Trinajstić information content (AvgIpc) is 2.70. The highest BCUT2D eigenvalue weighted by Gasteiger charge is 2.17. The van der Waals surface area contributed by atoms with Gasteiger partial charge in [0.05, 0.1) is 26.2 Å². The SMILES string of the molecule is CO/C=C(/C(=O)OC)c1ccccc1CSC(=Nc1ccccc1)SC. The van der Waals surface area contributed by atoms with Crippen molar-refractivity contribution in [3.63, 3.8) is 0 Å². The van der Waals surface area contributed by atoms with Crippen LogP contribution in [0.3, 0.4) is 0 Å². The van der Waals surface area contributed by atoms with E-state index in [9.17, 15) is 4.79 Å². The van der Waals surface area contributed by atoms with Crippen molar-refractivity contribution >= 4 is 45.1 Å². The van der Waals surface area contributed by atoms with E-state index in [0.717, 1.165) is 21.2 Å². The minimum absolute atomic E-state index is 0.400. The number of nitrogens with zero attached hydrogens (tertiary/aromatic N) is 1. The first kappa shape index (κ1) is 20.1. The zero-order chi connectivity index (χ0) is 18.8. The van der Waals surface area contributed by atoms with Gasteiger partial charge in [0, 0.05) is 5.75 Å². The number of thioether (sulfide) groups is 2. The molecule has 0 spiro atoms. The quantitative estimate of drug-likeness (QED) is 0.226. The standard InChI is InChI=1S/C20H21NO3S2/c1-23-13-18(19(22)24-2)17-12-8-7-9-15(17)14-26-20(25-3)21-16-10-5-4-6-11-16/h4-13H,14H2,1-3H3/b18-13+,21-20?. The van der Waals surface area contributed by atoms with Gasteiger partial charge in [-0.15, -0.1) is 11.8 Å². The summed E-state index contributed by atoms with van der Waals surface area (Å²) in [5, 5.41) is 0. The molecule has 0 aliphatic carbocycles.